The van der Waals surface area contributed by atoms with Crippen LogP contribution >= 0.6 is 0 Å². The summed E-state index contributed by atoms with van der Waals surface area (Å²) in [6.07, 6.45) is 4.10. The van der Waals surface area contributed by atoms with E-state index < -0.39 is 0 Å². The fraction of sp³-hybridized carbons (Fsp3) is 0.688. The first-order valence-electron chi connectivity index (χ1n) is 7.23. The molecule has 0 amide bonds. The molecule has 98 valence electrons. The van der Waals surface area contributed by atoms with Gasteiger partial charge < -0.3 is 4.90 Å². The van der Waals surface area contributed by atoms with Gasteiger partial charge in [-0.25, -0.2) is 4.98 Å². The highest BCUT2D eigenvalue weighted by molar-refractivity contribution is 5.59. The van der Waals surface area contributed by atoms with Gasteiger partial charge in [-0.3, -0.25) is 0 Å². The molecule has 1 aliphatic carbocycles. The third-order valence-corrected chi connectivity index (χ3v) is 4.70. The summed E-state index contributed by atoms with van der Waals surface area (Å²) in [5.74, 6) is 1.27. The molecule has 1 aromatic heterocycles. The van der Waals surface area contributed by atoms with E-state index in [0.717, 1.165) is 6.54 Å². The van der Waals surface area contributed by atoms with Gasteiger partial charge in [-0.05, 0) is 25.8 Å². The maximum Gasteiger partial charge on any atom is 0.132 e. The predicted molar refractivity (Wildman–Crippen MR) is 76.4 cm³/mol. The standard InChI is InChI=1S/C16H24N2/c1-5-18-11-16(9-6-10-16)12-7-8-13(15(2,3)4)17-14(12)18/h7-8H,5-6,9-11H2,1-4H3. The fourth-order valence-electron chi connectivity index (χ4n) is 3.34. The van der Waals surface area contributed by atoms with Crippen LogP contribution in [0.2, 0.25) is 0 Å². The third-order valence-electron chi connectivity index (χ3n) is 4.70. The molecule has 0 atom stereocenters. The van der Waals surface area contributed by atoms with Gasteiger partial charge >= 0.3 is 0 Å². The number of likely N-dealkylation sites (N-methyl/N-ethyl adjacent to an activating group) is 1. The quantitative estimate of drug-likeness (QED) is 0.750. The summed E-state index contributed by atoms with van der Waals surface area (Å²) in [5.41, 5.74) is 3.33. The largest absolute Gasteiger partial charge is 0.356 e. The smallest absolute Gasteiger partial charge is 0.132 e. The second-order valence-corrected chi connectivity index (χ2v) is 6.97. The van der Waals surface area contributed by atoms with E-state index in [1.807, 2.05) is 0 Å². The normalized spacial score (nSPS) is 21.0. The molecular weight excluding hydrogens is 220 g/mol. The number of hydrogen-bond donors (Lipinski definition) is 0. The average molecular weight is 244 g/mol. The Morgan fingerprint density at radius 1 is 1.28 bits per heavy atom. The third kappa shape index (κ3) is 1.58. The first kappa shape index (κ1) is 12.0. The molecule has 0 saturated heterocycles. The number of rotatable bonds is 1. The Kier molecular flexibility index (Phi) is 2.48. The molecule has 2 heterocycles. The molecule has 2 nitrogen and oxygen atoms in total. The molecule has 0 bridgehead atoms. The van der Waals surface area contributed by atoms with Crippen molar-refractivity contribution < 1.29 is 0 Å². The number of anilines is 1. The first-order chi connectivity index (χ1) is 8.46. The van der Waals surface area contributed by atoms with Gasteiger partial charge in [0.05, 0.1) is 0 Å². The summed E-state index contributed by atoms with van der Waals surface area (Å²) in [4.78, 5) is 7.46. The average Bonchev–Trinajstić information content (AvgIpc) is 2.61. The van der Waals surface area contributed by atoms with E-state index in [9.17, 15) is 0 Å². The molecule has 0 aromatic carbocycles. The Morgan fingerprint density at radius 2 is 2.00 bits per heavy atom. The topological polar surface area (TPSA) is 16.1 Å². The van der Waals surface area contributed by atoms with Crippen LogP contribution in [0.25, 0.3) is 0 Å². The SMILES string of the molecule is CCN1CC2(CCC2)c2ccc(C(C)(C)C)nc21. The van der Waals surface area contributed by atoms with E-state index in [1.54, 1.807) is 0 Å². The fourth-order valence-corrected chi connectivity index (χ4v) is 3.34. The van der Waals surface area contributed by atoms with Crippen molar-refractivity contribution in [1.82, 2.24) is 4.98 Å². The van der Waals surface area contributed by atoms with Gasteiger partial charge in [-0.1, -0.05) is 33.3 Å². The maximum absolute atomic E-state index is 4.98. The predicted octanol–water partition coefficient (Wildman–Crippen LogP) is 3.64. The Balaban J connectivity index is 2.07. The second-order valence-electron chi connectivity index (χ2n) is 6.97. The van der Waals surface area contributed by atoms with E-state index in [-0.39, 0.29) is 5.41 Å². The van der Waals surface area contributed by atoms with Crippen molar-refractivity contribution in [2.45, 2.75) is 57.8 Å². The lowest BCUT2D eigenvalue weighted by molar-refractivity contribution is 0.264. The zero-order valence-electron chi connectivity index (χ0n) is 12.1. The van der Waals surface area contributed by atoms with E-state index in [2.05, 4.69) is 44.7 Å². The Bertz CT molecular complexity index is 466. The van der Waals surface area contributed by atoms with Gasteiger partial charge in [0.25, 0.3) is 0 Å². The van der Waals surface area contributed by atoms with E-state index in [0.29, 0.717) is 5.41 Å². The highest BCUT2D eigenvalue weighted by Crippen LogP contribution is 2.52. The lowest BCUT2D eigenvalue weighted by Crippen LogP contribution is -2.39. The molecule has 1 spiro atoms. The van der Waals surface area contributed by atoms with Gasteiger partial charge in [-0.15, -0.1) is 0 Å². The number of fused-ring (bicyclic) bond motifs is 2. The second kappa shape index (κ2) is 3.72. The van der Waals surface area contributed by atoms with Crippen LogP contribution < -0.4 is 4.90 Å². The lowest BCUT2D eigenvalue weighted by atomic mass is 9.66. The molecular formula is C16H24N2. The van der Waals surface area contributed by atoms with Crippen molar-refractivity contribution in [3.8, 4) is 0 Å². The van der Waals surface area contributed by atoms with Gasteiger partial charge in [0.1, 0.15) is 5.82 Å². The Morgan fingerprint density at radius 3 is 2.50 bits per heavy atom. The lowest BCUT2D eigenvalue weighted by Gasteiger charge is -2.38. The minimum atomic E-state index is 0.143. The molecule has 1 aromatic rings. The number of aromatic nitrogens is 1. The molecule has 2 aliphatic rings. The summed E-state index contributed by atoms with van der Waals surface area (Å²) in [6.45, 7) is 11.2. The maximum atomic E-state index is 4.98. The van der Waals surface area contributed by atoms with Gasteiger partial charge in [0.2, 0.25) is 0 Å². The Hall–Kier alpha value is -1.05. The van der Waals surface area contributed by atoms with Crippen molar-refractivity contribution in [1.29, 1.82) is 0 Å². The van der Waals surface area contributed by atoms with Crippen molar-refractivity contribution in [2.24, 2.45) is 0 Å². The monoisotopic (exact) mass is 244 g/mol. The van der Waals surface area contributed by atoms with Crippen molar-refractivity contribution in [3.63, 3.8) is 0 Å². The first-order valence-corrected chi connectivity index (χ1v) is 7.23. The molecule has 3 rings (SSSR count). The van der Waals surface area contributed by atoms with Crippen molar-refractivity contribution in [3.05, 3.63) is 23.4 Å². The zero-order valence-corrected chi connectivity index (χ0v) is 12.1. The Labute approximate surface area is 110 Å². The van der Waals surface area contributed by atoms with E-state index >= 15 is 0 Å². The van der Waals surface area contributed by atoms with Gasteiger partial charge in [0.15, 0.2) is 0 Å². The summed E-state index contributed by atoms with van der Waals surface area (Å²) < 4.78 is 0. The molecule has 0 N–H and O–H groups in total. The molecule has 2 heteroatoms. The number of pyridine rings is 1. The highest BCUT2D eigenvalue weighted by atomic mass is 15.2. The molecule has 1 fully saturated rings. The van der Waals surface area contributed by atoms with Gasteiger partial charge in [-0.2, -0.15) is 0 Å². The van der Waals surface area contributed by atoms with Crippen LogP contribution in [-0.2, 0) is 10.8 Å². The van der Waals surface area contributed by atoms with Crippen LogP contribution in [-0.4, -0.2) is 18.1 Å². The van der Waals surface area contributed by atoms with E-state index in [1.165, 1.54) is 42.9 Å². The van der Waals surface area contributed by atoms with Crippen molar-refractivity contribution in [2.75, 3.05) is 18.0 Å². The van der Waals surface area contributed by atoms with Crippen LogP contribution in [0, 0.1) is 0 Å². The van der Waals surface area contributed by atoms with E-state index in [4.69, 9.17) is 4.98 Å². The minimum Gasteiger partial charge on any atom is -0.356 e. The molecule has 0 radical (unpaired) electrons. The minimum absolute atomic E-state index is 0.143. The van der Waals surface area contributed by atoms with Crippen LogP contribution in [0.5, 0.6) is 0 Å². The summed E-state index contributed by atoms with van der Waals surface area (Å²) >= 11 is 0. The molecule has 0 unspecified atom stereocenters. The van der Waals surface area contributed by atoms with Gasteiger partial charge in [0, 0.05) is 35.2 Å². The zero-order chi connectivity index (χ0) is 13.0. The summed E-state index contributed by atoms with van der Waals surface area (Å²) in [7, 11) is 0. The molecule has 1 aliphatic heterocycles. The van der Waals surface area contributed by atoms with Crippen molar-refractivity contribution >= 4 is 5.82 Å². The van der Waals surface area contributed by atoms with Crippen LogP contribution in [0.3, 0.4) is 0 Å². The molecule has 18 heavy (non-hydrogen) atoms. The highest BCUT2D eigenvalue weighted by Gasteiger charge is 2.47. The van der Waals surface area contributed by atoms with Crippen LogP contribution in [0.15, 0.2) is 12.1 Å². The number of nitrogens with zero attached hydrogens (tertiary/aromatic N) is 2. The summed E-state index contributed by atoms with van der Waals surface area (Å²) in [5, 5.41) is 0. The van der Waals surface area contributed by atoms with Crippen LogP contribution in [0.4, 0.5) is 5.82 Å². The van der Waals surface area contributed by atoms with Crippen LogP contribution in [0.1, 0.15) is 58.2 Å². The molecule has 1 saturated carbocycles. The number of hydrogen-bond acceptors (Lipinski definition) is 2. The summed E-state index contributed by atoms with van der Waals surface area (Å²) in [6, 6.07) is 4.61.